The van der Waals surface area contributed by atoms with Gasteiger partial charge in [0, 0.05) is 38.9 Å². The predicted octanol–water partition coefficient (Wildman–Crippen LogP) is 5.76. The lowest BCUT2D eigenvalue weighted by atomic mass is 9.93. The summed E-state index contributed by atoms with van der Waals surface area (Å²) in [6.45, 7) is 9.18. The van der Waals surface area contributed by atoms with E-state index in [-0.39, 0.29) is 28.8 Å². The van der Waals surface area contributed by atoms with Crippen LogP contribution >= 0.6 is 11.3 Å². The quantitative estimate of drug-likeness (QED) is 0.174. The number of fused-ring (bicyclic) bond motifs is 1. The van der Waals surface area contributed by atoms with E-state index < -0.39 is 0 Å². The van der Waals surface area contributed by atoms with Gasteiger partial charge in [-0.3, -0.25) is 14.9 Å². The maximum Gasteiger partial charge on any atom is 0.268 e. The average molecular weight is 642 g/mol. The highest BCUT2D eigenvalue weighted by Crippen LogP contribution is 2.31. The molecule has 2 fully saturated rings. The molecule has 12 heteroatoms. The van der Waals surface area contributed by atoms with Crippen LogP contribution < -0.4 is 10.6 Å². The number of carbonyl (C=O) groups is 2. The van der Waals surface area contributed by atoms with Crippen LogP contribution in [0.5, 0.6) is 0 Å². The van der Waals surface area contributed by atoms with Crippen LogP contribution in [0.25, 0.3) is 21.7 Å². The number of benzene rings is 1. The van der Waals surface area contributed by atoms with E-state index in [0.29, 0.717) is 42.3 Å². The van der Waals surface area contributed by atoms with Gasteiger partial charge in [0.2, 0.25) is 5.95 Å². The Labute approximate surface area is 272 Å². The molecule has 2 aliphatic heterocycles. The minimum absolute atomic E-state index is 0.158. The number of imidazole rings is 1. The Morgan fingerprint density at radius 2 is 2.00 bits per heavy atom. The molecule has 0 radical (unpaired) electrons. The highest BCUT2D eigenvalue weighted by atomic mass is 32.1. The first-order valence-electron chi connectivity index (χ1n) is 15.7. The van der Waals surface area contributed by atoms with Crippen molar-refractivity contribution < 1.29 is 18.7 Å². The minimum atomic E-state index is -0.305. The van der Waals surface area contributed by atoms with E-state index in [1.165, 1.54) is 17.7 Å². The molecule has 6 rings (SSSR count). The van der Waals surface area contributed by atoms with Gasteiger partial charge in [-0.1, -0.05) is 32.9 Å². The number of hydrogen-bond acceptors (Lipinski definition) is 9. The number of nitriles is 1. The molecule has 0 saturated carbocycles. The van der Waals surface area contributed by atoms with Crippen molar-refractivity contribution in [3.05, 3.63) is 65.0 Å². The molecule has 4 aromatic rings. The number of hydrogen-bond donors (Lipinski definition) is 2. The molecular weight excluding hydrogens is 602 g/mol. The van der Waals surface area contributed by atoms with Gasteiger partial charge in [-0.25, -0.2) is 9.97 Å². The lowest BCUT2D eigenvalue weighted by molar-refractivity contribution is -0.127. The van der Waals surface area contributed by atoms with E-state index in [1.54, 1.807) is 23.2 Å². The van der Waals surface area contributed by atoms with Crippen molar-refractivity contribution in [3.63, 3.8) is 0 Å². The van der Waals surface area contributed by atoms with Crippen molar-refractivity contribution in [1.29, 1.82) is 5.26 Å². The van der Waals surface area contributed by atoms with Crippen molar-refractivity contribution >= 4 is 40.1 Å². The zero-order valence-corrected chi connectivity index (χ0v) is 27.2. The SMILES string of the molecule is CC(C)(C)/C=C(\C#N)C(=O)N1CCC[C@@H]1Cn1c(NC(=O)c2ccc(-c3cnco3)s2)nc2cc(CNC3CCOCC3)ccc21. The second-order valence-corrected chi connectivity index (χ2v) is 14.0. The maximum absolute atomic E-state index is 13.6. The smallest absolute Gasteiger partial charge is 0.268 e. The summed E-state index contributed by atoms with van der Waals surface area (Å²) in [5.41, 5.74) is 2.57. The first kappa shape index (κ1) is 31.7. The van der Waals surface area contributed by atoms with E-state index in [2.05, 4.69) is 33.8 Å². The summed E-state index contributed by atoms with van der Waals surface area (Å²) in [7, 11) is 0. The van der Waals surface area contributed by atoms with Gasteiger partial charge in [-0.05, 0) is 60.9 Å². The Balaban J connectivity index is 1.28. The number of rotatable bonds is 9. The molecule has 11 nitrogen and oxygen atoms in total. The summed E-state index contributed by atoms with van der Waals surface area (Å²) in [4.78, 5) is 39.1. The molecule has 5 heterocycles. The van der Waals surface area contributed by atoms with Gasteiger partial charge in [0.1, 0.15) is 11.6 Å². The topological polar surface area (TPSA) is 138 Å². The maximum atomic E-state index is 13.6. The molecule has 3 aromatic heterocycles. The lowest BCUT2D eigenvalue weighted by Gasteiger charge is -2.26. The van der Waals surface area contributed by atoms with Gasteiger partial charge < -0.3 is 23.9 Å². The monoisotopic (exact) mass is 641 g/mol. The highest BCUT2D eigenvalue weighted by Gasteiger charge is 2.33. The summed E-state index contributed by atoms with van der Waals surface area (Å²) >= 11 is 1.31. The van der Waals surface area contributed by atoms with Crippen LogP contribution in [0.4, 0.5) is 5.95 Å². The lowest BCUT2D eigenvalue weighted by Crippen LogP contribution is -2.39. The minimum Gasteiger partial charge on any atom is -0.443 e. The summed E-state index contributed by atoms with van der Waals surface area (Å²) in [5, 5.41) is 16.5. The van der Waals surface area contributed by atoms with Gasteiger partial charge >= 0.3 is 0 Å². The number of nitrogens with zero attached hydrogens (tertiary/aromatic N) is 5. The second-order valence-electron chi connectivity index (χ2n) is 13.0. The van der Waals surface area contributed by atoms with Crippen LogP contribution in [0, 0.1) is 16.7 Å². The third kappa shape index (κ3) is 7.22. The third-order valence-corrected chi connectivity index (χ3v) is 9.42. The number of carbonyl (C=O) groups excluding carboxylic acids is 2. The van der Waals surface area contributed by atoms with Crippen LogP contribution in [0.2, 0.25) is 0 Å². The molecule has 0 spiro atoms. The molecule has 1 aromatic carbocycles. The number of nitrogens with one attached hydrogen (secondary N) is 2. The Hall–Kier alpha value is -4.31. The van der Waals surface area contributed by atoms with Gasteiger partial charge in [-0.2, -0.15) is 5.26 Å². The Kier molecular flexibility index (Phi) is 9.35. The van der Waals surface area contributed by atoms with Crippen LogP contribution in [0.15, 0.2) is 59.0 Å². The van der Waals surface area contributed by atoms with E-state index in [0.717, 1.165) is 60.4 Å². The molecular formula is C34H39N7O4S. The fourth-order valence-corrected chi connectivity index (χ4v) is 6.91. The number of allylic oxidation sites excluding steroid dienone is 1. The number of anilines is 1. The molecule has 46 heavy (non-hydrogen) atoms. The van der Waals surface area contributed by atoms with Crippen molar-refractivity contribution in [2.45, 2.75) is 71.6 Å². The summed E-state index contributed by atoms with van der Waals surface area (Å²) in [6, 6.07) is 12.1. The Bertz CT molecular complexity index is 1770. The number of amides is 2. The first-order chi connectivity index (χ1) is 22.2. The molecule has 2 saturated heterocycles. The molecule has 240 valence electrons. The molecule has 0 bridgehead atoms. The molecule has 2 aliphatic rings. The number of ether oxygens (including phenoxy) is 1. The van der Waals surface area contributed by atoms with Crippen molar-refractivity contribution in [2.24, 2.45) is 5.41 Å². The number of thiophene rings is 1. The summed E-state index contributed by atoms with van der Waals surface area (Å²) < 4.78 is 12.9. The molecule has 1 atom stereocenters. The zero-order valence-electron chi connectivity index (χ0n) is 26.4. The van der Waals surface area contributed by atoms with Crippen molar-refractivity contribution in [1.82, 2.24) is 24.8 Å². The van der Waals surface area contributed by atoms with E-state index in [4.69, 9.17) is 14.1 Å². The number of aromatic nitrogens is 3. The Morgan fingerprint density at radius 3 is 2.74 bits per heavy atom. The molecule has 0 aliphatic carbocycles. The second kappa shape index (κ2) is 13.6. The van der Waals surface area contributed by atoms with Gasteiger partial charge in [0.15, 0.2) is 12.2 Å². The van der Waals surface area contributed by atoms with Crippen LogP contribution in [-0.2, 0) is 22.6 Å². The number of oxazole rings is 1. The fraction of sp³-hybridized carbons (Fsp3) is 0.441. The molecule has 2 N–H and O–H groups in total. The zero-order chi connectivity index (χ0) is 32.3. The summed E-state index contributed by atoms with van der Waals surface area (Å²) in [6.07, 6.45) is 8.32. The highest BCUT2D eigenvalue weighted by molar-refractivity contribution is 7.17. The van der Waals surface area contributed by atoms with Crippen LogP contribution in [0.3, 0.4) is 0 Å². The van der Waals surface area contributed by atoms with E-state index in [1.807, 2.05) is 37.5 Å². The van der Waals surface area contributed by atoms with Crippen LogP contribution in [-0.4, -0.2) is 63.1 Å². The molecule has 2 amide bonds. The first-order valence-corrected chi connectivity index (χ1v) is 16.5. The van der Waals surface area contributed by atoms with E-state index >= 15 is 0 Å². The third-order valence-electron chi connectivity index (χ3n) is 8.32. The van der Waals surface area contributed by atoms with Crippen molar-refractivity contribution in [2.75, 3.05) is 25.1 Å². The standard InChI is InChI=1S/C34H39N7O4S/c1-34(2,3)16-23(17-35)32(43)40-12-4-5-25(40)20-41-27-7-6-22(18-37-24-10-13-44-14-11-24)15-26(27)38-33(41)39-31(42)30-9-8-29(46-30)28-19-36-21-45-28/h6-9,15-16,19,21,24-25,37H,4-5,10-14,18,20H2,1-3H3,(H,38,39,42)/b23-16+/t25-/m1/s1. The Morgan fingerprint density at radius 1 is 1.17 bits per heavy atom. The van der Waals surface area contributed by atoms with Crippen LogP contribution in [0.1, 0.15) is 61.7 Å². The van der Waals surface area contributed by atoms with Gasteiger partial charge in [0.05, 0.1) is 33.0 Å². The van der Waals surface area contributed by atoms with E-state index in [9.17, 15) is 14.9 Å². The average Bonchev–Trinajstić information content (AvgIpc) is 3.86. The predicted molar refractivity (Wildman–Crippen MR) is 176 cm³/mol. The number of likely N-dealkylation sites (tertiary alicyclic amines) is 1. The van der Waals surface area contributed by atoms with Crippen molar-refractivity contribution in [3.8, 4) is 16.7 Å². The fourth-order valence-electron chi connectivity index (χ4n) is 6.06. The molecule has 0 unspecified atom stereocenters. The van der Waals surface area contributed by atoms with Gasteiger partial charge in [0.25, 0.3) is 11.8 Å². The normalized spacial score (nSPS) is 17.8. The van der Waals surface area contributed by atoms with Gasteiger partial charge in [-0.15, -0.1) is 11.3 Å². The summed E-state index contributed by atoms with van der Waals surface area (Å²) in [5.74, 6) is 0.471. The largest absolute Gasteiger partial charge is 0.443 e.